The maximum absolute atomic E-state index is 10.4. The number of nitrogens with zero attached hydrogens (tertiary/aromatic N) is 1. The van der Waals surface area contributed by atoms with Crippen LogP contribution in [0.1, 0.15) is 12.0 Å². The molecule has 0 radical (unpaired) electrons. The van der Waals surface area contributed by atoms with Crippen molar-refractivity contribution < 1.29 is 17.5 Å². The molecule has 0 saturated carbocycles. The predicted molar refractivity (Wildman–Crippen MR) is 98.9 cm³/mol. The maximum atomic E-state index is 10.4. The van der Waals surface area contributed by atoms with E-state index < -0.39 is 10.1 Å². The molecule has 1 aromatic rings. The zero-order valence-corrected chi connectivity index (χ0v) is 15.8. The van der Waals surface area contributed by atoms with Gasteiger partial charge in [-0.2, -0.15) is 0 Å². The van der Waals surface area contributed by atoms with Gasteiger partial charge in [-0.1, -0.05) is 30.4 Å². The fourth-order valence-electron chi connectivity index (χ4n) is 1.98. The van der Waals surface area contributed by atoms with E-state index in [1.165, 1.54) is 25.1 Å². The molecule has 0 atom stereocenters. The summed E-state index contributed by atoms with van der Waals surface area (Å²) in [6.07, 6.45) is 5.08. The lowest BCUT2D eigenvalue weighted by molar-refractivity contribution is -0.884. The summed E-state index contributed by atoms with van der Waals surface area (Å²) >= 11 is 0. The monoisotopic (exact) mass is 354 g/mol. The highest BCUT2D eigenvalue weighted by Crippen LogP contribution is 2.08. The summed E-state index contributed by atoms with van der Waals surface area (Å²) < 4.78 is 32.2. The second kappa shape index (κ2) is 11.1. The number of likely N-dealkylation sites (N-methyl/N-ethyl adjacent to an activating group) is 1. The molecule has 0 heterocycles. The van der Waals surface area contributed by atoms with Crippen molar-refractivity contribution in [1.82, 2.24) is 5.32 Å². The maximum Gasteiger partial charge on any atom is 0.124 e. The summed E-state index contributed by atoms with van der Waals surface area (Å²) in [5.74, 6) is 0. The smallest absolute Gasteiger partial charge is 0.124 e. The van der Waals surface area contributed by atoms with E-state index in [0.29, 0.717) is 0 Å². The molecule has 0 aliphatic rings. The number of aryl methyl sites for hydroxylation is 1. The first-order valence-electron chi connectivity index (χ1n) is 7.89. The van der Waals surface area contributed by atoms with Crippen molar-refractivity contribution in [2.45, 2.75) is 18.2 Å². The van der Waals surface area contributed by atoms with Crippen LogP contribution in [0.15, 0.2) is 54.5 Å². The highest BCUT2D eigenvalue weighted by Gasteiger charge is 2.10. The lowest BCUT2D eigenvalue weighted by Crippen LogP contribution is -2.41. The fraction of sp³-hybridized carbons (Fsp3) is 0.444. The quantitative estimate of drug-likeness (QED) is 0.320. The number of quaternary nitrogens is 1. The van der Waals surface area contributed by atoms with Crippen molar-refractivity contribution in [1.29, 1.82) is 0 Å². The van der Waals surface area contributed by atoms with Gasteiger partial charge in [0, 0.05) is 19.5 Å². The third-order valence-electron chi connectivity index (χ3n) is 3.34. The zero-order chi connectivity index (χ0) is 18.6. The van der Waals surface area contributed by atoms with E-state index in [1.54, 1.807) is 12.1 Å². The minimum Gasteiger partial charge on any atom is -0.744 e. The minimum atomic E-state index is -4.27. The van der Waals surface area contributed by atoms with E-state index >= 15 is 0 Å². The van der Waals surface area contributed by atoms with Crippen molar-refractivity contribution in [2.24, 2.45) is 0 Å². The standard InChI is InChI=1S/C11H23N2.C7H8O3S/c1-5-8-12-9-7-11-13(3,4)10-6-2;1-6-2-4-7(5-3-6)11(8,9)10/h5-6,12H,1-2,7-11H2,3-4H3;2-5H,1H3,(H,8,9,10)/q+1;/p-1. The Balaban J connectivity index is 0.000000446. The van der Waals surface area contributed by atoms with Crippen LogP contribution in [0.5, 0.6) is 0 Å². The molecule has 0 fully saturated rings. The summed E-state index contributed by atoms with van der Waals surface area (Å²) in [5, 5.41) is 3.30. The summed E-state index contributed by atoms with van der Waals surface area (Å²) in [6.45, 7) is 13.5. The fourth-order valence-corrected chi connectivity index (χ4v) is 2.45. The molecular formula is C18H30N2O3S. The van der Waals surface area contributed by atoms with Gasteiger partial charge in [-0.15, -0.1) is 6.58 Å². The molecule has 0 aromatic heterocycles. The van der Waals surface area contributed by atoms with Crippen molar-refractivity contribution in [3.05, 3.63) is 55.1 Å². The molecule has 5 nitrogen and oxygen atoms in total. The Bertz CT molecular complexity index is 593. The van der Waals surface area contributed by atoms with Gasteiger partial charge in [0.15, 0.2) is 0 Å². The Morgan fingerprint density at radius 2 is 1.75 bits per heavy atom. The average molecular weight is 355 g/mol. The van der Waals surface area contributed by atoms with Gasteiger partial charge in [-0.25, -0.2) is 8.42 Å². The molecule has 0 aliphatic heterocycles. The molecule has 1 N–H and O–H groups in total. The highest BCUT2D eigenvalue weighted by molar-refractivity contribution is 7.85. The Labute approximate surface area is 147 Å². The number of hydrogen-bond acceptors (Lipinski definition) is 4. The van der Waals surface area contributed by atoms with Gasteiger partial charge in [0.05, 0.1) is 32.1 Å². The number of rotatable bonds is 9. The largest absolute Gasteiger partial charge is 0.744 e. The van der Waals surface area contributed by atoms with Crippen molar-refractivity contribution in [3.63, 3.8) is 0 Å². The number of hydrogen-bond donors (Lipinski definition) is 1. The molecule has 1 rings (SSSR count). The Kier molecular flexibility index (Phi) is 10.5. The first-order chi connectivity index (χ1) is 11.1. The molecule has 0 amide bonds. The van der Waals surface area contributed by atoms with Gasteiger partial charge in [0.1, 0.15) is 10.1 Å². The summed E-state index contributed by atoms with van der Waals surface area (Å²) in [5.41, 5.74) is 0.928. The number of benzene rings is 1. The predicted octanol–water partition coefficient (Wildman–Crippen LogP) is 2.31. The second-order valence-corrected chi connectivity index (χ2v) is 7.62. The van der Waals surface area contributed by atoms with Gasteiger partial charge in [-0.05, 0) is 25.1 Å². The van der Waals surface area contributed by atoms with Gasteiger partial charge < -0.3 is 14.4 Å². The van der Waals surface area contributed by atoms with Crippen LogP contribution in [-0.2, 0) is 10.1 Å². The zero-order valence-electron chi connectivity index (χ0n) is 15.0. The number of nitrogens with one attached hydrogen (secondary N) is 1. The molecular weight excluding hydrogens is 324 g/mol. The summed E-state index contributed by atoms with van der Waals surface area (Å²) in [4.78, 5) is -0.178. The molecule has 24 heavy (non-hydrogen) atoms. The third-order valence-corrected chi connectivity index (χ3v) is 4.19. The van der Waals surface area contributed by atoms with Crippen LogP contribution in [0.25, 0.3) is 0 Å². The van der Waals surface area contributed by atoms with Crippen LogP contribution in [0.4, 0.5) is 0 Å². The first-order valence-corrected chi connectivity index (χ1v) is 9.30. The molecule has 0 spiro atoms. The van der Waals surface area contributed by atoms with Crippen LogP contribution in [0, 0.1) is 6.92 Å². The molecule has 0 bridgehead atoms. The lowest BCUT2D eigenvalue weighted by Gasteiger charge is -2.28. The van der Waals surface area contributed by atoms with Crippen molar-refractivity contribution >= 4 is 10.1 Å². The summed E-state index contributed by atoms with van der Waals surface area (Å²) in [6, 6.07) is 5.78. The molecule has 136 valence electrons. The van der Waals surface area contributed by atoms with Crippen molar-refractivity contribution in [2.75, 3.05) is 40.3 Å². The van der Waals surface area contributed by atoms with Crippen LogP contribution in [-0.4, -0.2) is 57.7 Å². The molecule has 0 unspecified atom stereocenters. The van der Waals surface area contributed by atoms with E-state index in [0.717, 1.165) is 29.7 Å². The van der Waals surface area contributed by atoms with Gasteiger partial charge in [-0.3, -0.25) is 0 Å². The Morgan fingerprint density at radius 3 is 2.21 bits per heavy atom. The van der Waals surface area contributed by atoms with Crippen LogP contribution in [0.3, 0.4) is 0 Å². The van der Waals surface area contributed by atoms with Crippen LogP contribution < -0.4 is 5.32 Å². The van der Waals surface area contributed by atoms with E-state index in [4.69, 9.17) is 0 Å². The SMILES string of the molecule is C=CCNCCC[N+](C)(C)CC=C.Cc1ccc(S(=O)(=O)[O-])cc1. The minimum absolute atomic E-state index is 0.178. The Morgan fingerprint density at radius 1 is 1.17 bits per heavy atom. The lowest BCUT2D eigenvalue weighted by atomic mass is 10.2. The van der Waals surface area contributed by atoms with Crippen molar-refractivity contribution in [3.8, 4) is 0 Å². The normalized spacial score (nSPS) is 11.3. The summed E-state index contributed by atoms with van der Waals surface area (Å²) in [7, 11) is 0.193. The van der Waals surface area contributed by atoms with E-state index in [1.807, 2.05) is 19.1 Å². The van der Waals surface area contributed by atoms with Gasteiger partial charge >= 0.3 is 0 Å². The average Bonchev–Trinajstić information content (AvgIpc) is 2.47. The van der Waals surface area contributed by atoms with E-state index in [-0.39, 0.29) is 4.90 Å². The second-order valence-electron chi connectivity index (χ2n) is 6.24. The molecule has 1 aromatic carbocycles. The first kappa shape index (κ1) is 22.5. The van der Waals surface area contributed by atoms with Crippen LogP contribution >= 0.6 is 0 Å². The molecule has 0 aliphatic carbocycles. The Hall–Kier alpha value is -1.47. The highest BCUT2D eigenvalue weighted by atomic mass is 32.2. The van der Waals surface area contributed by atoms with E-state index in [9.17, 15) is 13.0 Å². The van der Waals surface area contributed by atoms with Crippen LogP contribution in [0.2, 0.25) is 0 Å². The third kappa shape index (κ3) is 11.1. The molecule has 0 saturated heterocycles. The molecule has 6 heteroatoms. The van der Waals surface area contributed by atoms with Gasteiger partial charge in [0.2, 0.25) is 0 Å². The topological polar surface area (TPSA) is 69.2 Å². The van der Waals surface area contributed by atoms with Gasteiger partial charge in [0.25, 0.3) is 0 Å². The van der Waals surface area contributed by atoms with E-state index in [2.05, 4.69) is 32.6 Å².